The fraction of sp³-hybridized carbons (Fsp3) is 0.407. The molecule has 5 rings (SSSR count). The van der Waals surface area contributed by atoms with Gasteiger partial charge in [-0.2, -0.15) is 0 Å². The van der Waals surface area contributed by atoms with E-state index in [1.54, 1.807) is 0 Å². The minimum absolute atomic E-state index is 0.0500. The Morgan fingerprint density at radius 2 is 1.62 bits per heavy atom. The Kier molecular flexibility index (Phi) is 5.76. The van der Waals surface area contributed by atoms with Gasteiger partial charge in [-0.25, -0.2) is 0 Å². The number of rotatable bonds is 4. The predicted octanol–water partition coefficient (Wildman–Crippen LogP) is 6.10. The summed E-state index contributed by atoms with van der Waals surface area (Å²) < 4.78 is 2.40. The summed E-state index contributed by atoms with van der Waals surface area (Å²) in [6.45, 7) is 6.77. The lowest BCUT2D eigenvalue weighted by molar-refractivity contribution is 0.196. The minimum atomic E-state index is 0.0500. The van der Waals surface area contributed by atoms with Gasteiger partial charge in [0.25, 0.3) is 0 Å². The minimum Gasteiger partial charge on any atom is -0.352 e. The fourth-order valence-electron chi connectivity index (χ4n) is 5.83. The maximum absolute atomic E-state index is 5.98. The highest BCUT2D eigenvalue weighted by Crippen LogP contribution is 2.46. The van der Waals surface area contributed by atoms with Gasteiger partial charge in [0, 0.05) is 34.9 Å². The molecule has 0 bridgehead atoms. The molecule has 1 saturated carbocycles. The summed E-state index contributed by atoms with van der Waals surface area (Å²) >= 11 is 5.98. The fourth-order valence-corrected chi connectivity index (χ4v) is 6.22. The van der Waals surface area contributed by atoms with Crippen LogP contribution in [0.2, 0.25) is 0 Å². The van der Waals surface area contributed by atoms with Crippen LogP contribution < -0.4 is 5.32 Å². The molecule has 32 heavy (non-hydrogen) atoms. The third kappa shape index (κ3) is 3.53. The lowest BCUT2D eigenvalue weighted by atomic mass is 9.89. The molecule has 1 aliphatic carbocycles. The van der Waals surface area contributed by atoms with Gasteiger partial charge in [0.15, 0.2) is 5.11 Å². The Labute approximate surface area is 196 Å². The van der Waals surface area contributed by atoms with Gasteiger partial charge >= 0.3 is 0 Å². The SMILES string of the molecule is Cc1c(C2C(c3ccccn3)NC(=S)N2C2CCCCC2)c(C)n(-c2ccccc2)c1C. The van der Waals surface area contributed by atoms with E-state index in [4.69, 9.17) is 17.2 Å². The number of hydrogen-bond donors (Lipinski definition) is 1. The lowest BCUT2D eigenvalue weighted by Gasteiger charge is -2.37. The number of thiocarbonyl (C=S) groups is 1. The van der Waals surface area contributed by atoms with Crippen LogP contribution in [0.1, 0.15) is 72.4 Å². The second-order valence-electron chi connectivity index (χ2n) is 9.21. The van der Waals surface area contributed by atoms with Crippen molar-refractivity contribution in [2.75, 3.05) is 0 Å². The van der Waals surface area contributed by atoms with Crippen molar-refractivity contribution < 1.29 is 0 Å². The molecule has 2 aromatic heterocycles. The predicted molar refractivity (Wildman–Crippen MR) is 134 cm³/mol. The molecule has 2 unspecified atom stereocenters. The molecule has 1 saturated heterocycles. The molecule has 4 nitrogen and oxygen atoms in total. The largest absolute Gasteiger partial charge is 0.352 e. The van der Waals surface area contributed by atoms with Gasteiger partial charge in [0.2, 0.25) is 0 Å². The van der Waals surface area contributed by atoms with E-state index < -0.39 is 0 Å². The second-order valence-corrected chi connectivity index (χ2v) is 9.59. The van der Waals surface area contributed by atoms with Crippen LogP contribution in [0.25, 0.3) is 5.69 Å². The van der Waals surface area contributed by atoms with Crippen molar-refractivity contribution in [1.82, 2.24) is 19.8 Å². The highest BCUT2D eigenvalue weighted by Gasteiger charge is 2.45. The zero-order valence-electron chi connectivity index (χ0n) is 19.2. The average molecular weight is 445 g/mol. The molecular weight excluding hydrogens is 412 g/mol. The summed E-state index contributed by atoms with van der Waals surface area (Å²) in [5.41, 5.74) is 7.60. The van der Waals surface area contributed by atoms with Gasteiger partial charge in [-0.1, -0.05) is 43.5 Å². The number of benzene rings is 1. The summed E-state index contributed by atoms with van der Waals surface area (Å²) in [5.74, 6) is 0. The van der Waals surface area contributed by atoms with E-state index >= 15 is 0 Å². The molecule has 3 aromatic rings. The molecular formula is C27H32N4S. The van der Waals surface area contributed by atoms with E-state index in [1.807, 2.05) is 12.3 Å². The summed E-state index contributed by atoms with van der Waals surface area (Å²) in [4.78, 5) is 7.27. The second kappa shape index (κ2) is 8.70. The third-order valence-electron chi connectivity index (χ3n) is 7.42. The van der Waals surface area contributed by atoms with E-state index in [9.17, 15) is 0 Å². The maximum Gasteiger partial charge on any atom is 0.170 e. The first kappa shape index (κ1) is 21.2. The van der Waals surface area contributed by atoms with Crippen LogP contribution in [-0.4, -0.2) is 25.6 Å². The number of pyridine rings is 1. The van der Waals surface area contributed by atoms with E-state index in [2.05, 4.69) is 78.0 Å². The van der Waals surface area contributed by atoms with Crippen molar-refractivity contribution in [1.29, 1.82) is 0 Å². The van der Waals surface area contributed by atoms with Crippen molar-refractivity contribution in [2.24, 2.45) is 0 Å². The molecule has 3 heterocycles. The van der Waals surface area contributed by atoms with Crippen molar-refractivity contribution in [2.45, 2.75) is 71.0 Å². The van der Waals surface area contributed by atoms with Crippen LogP contribution >= 0.6 is 12.2 Å². The molecule has 0 spiro atoms. The van der Waals surface area contributed by atoms with Crippen LogP contribution in [0, 0.1) is 20.8 Å². The summed E-state index contributed by atoms with van der Waals surface area (Å²) in [6.07, 6.45) is 8.22. The van der Waals surface area contributed by atoms with Gasteiger partial charge in [-0.05, 0) is 75.7 Å². The van der Waals surface area contributed by atoms with Gasteiger partial charge in [-0.3, -0.25) is 4.98 Å². The highest BCUT2D eigenvalue weighted by atomic mass is 32.1. The average Bonchev–Trinajstić information content (AvgIpc) is 3.28. The summed E-state index contributed by atoms with van der Waals surface area (Å²) in [6, 6.07) is 17.5. The molecule has 1 aromatic carbocycles. The Balaban J connectivity index is 1.67. The van der Waals surface area contributed by atoms with Crippen molar-refractivity contribution in [3.05, 3.63) is 82.9 Å². The Morgan fingerprint density at radius 3 is 2.31 bits per heavy atom. The first-order valence-electron chi connectivity index (χ1n) is 11.8. The van der Waals surface area contributed by atoms with E-state index in [-0.39, 0.29) is 12.1 Å². The molecule has 1 N–H and O–H groups in total. The molecule has 2 aliphatic rings. The van der Waals surface area contributed by atoms with Crippen LogP contribution in [0.3, 0.4) is 0 Å². The van der Waals surface area contributed by atoms with Gasteiger partial charge in [0.1, 0.15) is 0 Å². The first-order chi connectivity index (χ1) is 15.6. The molecule has 2 fully saturated rings. The lowest BCUT2D eigenvalue weighted by Crippen LogP contribution is -2.40. The van der Waals surface area contributed by atoms with Crippen LogP contribution in [0.15, 0.2) is 54.7 Å². The summed E-state index contributed by atoms with van der Waals surface area (Å²) in [5, 5.41) is 4.55. The number of nitrogens with one attached hydrogen (secondary N) is 1. The maximum atomic E-state index is 5.98. The van der Waals surface area contributed by atoms with Crippen molar-refractivity contribution >= 4 is 17.3 Å². The number of aromatic nitrogens is 2. The number of nitrogens with zero attached hydrogens (tertiary/aromatic N) is 3. The standard InChI is InChI=1S/C27H32N4S/c1-18-19(2)30(21-12-6-4-7-13-21)20(3)24(18)26-25(23-16-10-11-17-28-23)29-27(32)31(26)22-14-8-5-9-15-22/h4,6-7,10-13,16-17,22,25-26H,5,8-9,14-15H2,1-3H3,(H,29,32). The van der Waals surface area contributed by atoms with E-state index in [1.165, 1.54) is 60.3 Å². The van der Waals surface area contributed by atoms with Gasteiger partial charge < -0.3 is 14.8 Å². The van der Waals surface area contributed by atoms with Gasteiger partial charge in [0.05, 0.1) is 17.8 Å². The topological polar surface area (TPSA) is 33.1 Å². The Morgan fingerprint density at radius 1 is 0.906 bits per heavy atom. The molecule has 0 amide bonds. The molecule has 0 radical (unpaired) electrons. The first-order valence-corrected chi connectivity index (χ1v) is 12.2. The van der Waals surface area contributed by atoms with Crippen molar-refractivity contribution in [3.63, 3.8) is 0 Å². The molecule has 1 aliphatic heterocycles. The number of para-hydroxylation sites is 1. The molecule has 5 heteroatoms. The van der Waals surface area contributed by atoms with Crippen LogP contribution in [-0.2, 0) is 0 Å². The normalized spacial score (nSPS) is 21.7. The molecule has 2 atom stereocenters. The summed E-state index contributed by atoms with van der Waals surface area (Å²) in [7, 11) is 0. The quantitative estimate of drug-likeness (QED) is 0.493. The molecule has 166 valence electrons. The Hall–Kier alpha value is -2.66. The van der Waals surface area contributed by atoms with Crippen LogP contribution in [0.5, 0.6) is 0 Å². The monoisotopic (exact) mass is 444 g/mol. The zero-order valence-corrected chi connectivity index (χ0v) is 20.0. The number of hydrogen-bond acceptors (Lipinski definition) is 2. The van der Waals surface area contributed by atoms with Gasteiger partial charge in [-0.15, -0.1) is 0 Å². The highest BCUT2D eigenvalue weighted by molar-refractivity contribution is 7.80. The van der Waals surface area contributed by atoms with Crippen molar-refractivity contribution in [3.8, 4) is 5.69 Å². The third-order valence-corrected chi connectivity index (χ3v) is 7.75. The van der Waals surface area contributed by atoms with E-state index in [0.717, 1.165) is 10.8 Å². The zero-order chi connectivity index (χ0) is 22.2. The Bertz CT molecular complexity index is 1100. The van der Waals surface area contributed by atoms with E-state index in [0.29, 0.717) is 6.04 Å². The smallest absolute Gasteiger partial charge is 0.170 e. The van der Waals surface area contributed by atoms with Crippen LogP contribution in [0.4, 0.5) is 0 Å².